The van der Waals surface area contributed by atoms with Crippen LogP contribution in [0.4, 0.5) is 15.5 Å². The van der Waals surface area contributed by atoms with Crippen LogP contribution < -0.4 is 10.6 Å². The molecule has 1 aromatic rings. The first-order valence-electron chi connectivity index (χ1n) is 9.05. The van der Waals surface area contributed by atoms with Crippen LogP contribution in [-0.2, 0) is 25.4 Å². The number of aldehydes is 1. The highest BCUT2D eigenvalue weighted by molar-refractivity contribution is 5.82. The third-order valence-electron chi connectivity index (χ3n) is 3.22. The van der Waals surface area contributed by atoms with Gasteiger partial charge in [-0.2, -0.15) is 0 Å². The summed E-state index contributed by atoms with van der Waals surface area (Å²) < 4.78 is 15.5. The molecule has 0 saturated carbocycles. The molecule has 2 N–H and O–H groups in total. The lowest BCUT2D eigenvalue weighted by Gasteiger charge is -2.30. The smallest absolute Gasteiger partial charge is 0.414 e. The van der Waals surface area contributed by atoms with E-state index < -0.39 is 28.9 Å². The van der Waals surface area contributed by atoms with Gasteiger partial charge in [0.15, 0.2) is 0 Å². The van der Waals surface area contributed by atoms with Crippen LogP contribution in [-0.4, -0.2) is 58.9 Å². The standard InChI is InChI=1S/C19H30N4O6/c1-17(2,3)28-15(25)22-14-20-9-13(10-21-14)8-19(11-24,12-27-7)23-16(26)29-18(4,5)6/h9-11H,8,12H2,1-7H3,(H,23,26)(H,20,21,22,25)/t19-/m0/s1. The summed E-state index contributed by atoms with van der Waals surface area (Å²) in [7, 11) is 1.42. The molecule has 2 amide bonds. The van der Waals surface area contributed by atoms with Crippen LogP contribution in [0, 0.1) is 0 Å². The fourth-order valence-electron chi connectivity index (χ4n) is 2.27. The number of rotatable bonds is 7. The first-order valence-corrected chi connectivity index (χ1v) is 9.05. The molecule has 10 nitrogen and oxygen atoms in total. The SMILES string of the molecule is COC[C@@](C=O)(Cc1cnc(NC(=O)OC(C)(C)C)nc1)NC(=O)OC(C)(C)C. The molecule has 0 aromatic carbocycles. The minimum atomic E-state index is -1.36. The summed E-state index contributed by atoms with van der Waals surface area (Å²) in [6.45, 7) is 10.3. The zero-order chi connectivity index (χ0) is 22.3. The molecule has 0 aliphatic carbocycles. The van der Waals surface area contributed by atoms with Crippen molar-refractivity contribution in [2.45, 2.75) is 64.7 Å². The van der Waals surface area contributed by atoms with Gasteiger partial charge in [0.25, 0.3) is 0 Å². The Morgan fingerprint density at radius 1 is 1.00 bits per heavy atom. The van der Waals surface area contributed by atoms with Gasteiger partial charge >= 0.3 is 12.2 Å². The second-order valence-electron chi connectivity index (χ2n) is 8.55. The van der Waals surface area contributed by atoms with Gasteiger partial charge in [0.1, 0.15) is 23.0 Å². The number of aromatic nitrogens is 2. The molecule has 0 saturated heterocycles. The first kappa shape index (κ1) is 24.3. The summed E-state index contributed by atoms with van der Waals surface area (Å²) in [4.78, 5) is 43.8. The number of nitrogens with zero attached hydrogens (tertiary/aromatic N) is 2. The van der Waals surface area contributed by atoms with Gasteiger partial charge in [-0.1, -0.05) is 0 Å². The third-order valence-corrected chi connectivity index (χ3v) is 3.22. The normalized spacial score (nSPS) is 13.8. The number of carbonyl (C=O) groups is 3. The molecular formula is C19H30N4O6. The summed E-state index contributed by atoms with van der Waals surface area (Å²) in [6, 6.07) is 0. The Hall–Kier alpha value is -2.75. The van der Waals surface area contributed by atoms with Gasteiger partial charge < -0.3 is 24.3 Å². The average molecular weight is 410 g/mol. The summed E-state index contributed by atoms with van der Waals surface area (Å²) in [5.74, 6) is 0.0477. The fourth-order valence-corrected chi connectivity index (χ4v) is 2.27. The van der Waals surface area contributed by atoms with Crippen molar-refractivity contribution < 1.29 is 28.6 Å². The van der Waals surface area contributed by atoms with E-state index in [0.29, 0.717) is 11.8 Å². The molecule has 0 fully saturated rings. The molecule has 1 atom stereocenters. The Bertz CT molecular complexity index is 709. The molecule has 162 valence electrons. The molecule has 1 rings (SSSR count). The van der Waals surface area contributed by atoms with Crippen molar-refractivity contribution in [2.24, 2.45) is 0 Å². The Balaban J connectivity index is 2.87. The lowest BCUT2D eigenvalue weighted by Crippen LogP contribution is -2.56. The first-order chi connectivity index (χ1) is 13.3. The van der Waals surface area contributed by atoms with E-state index in [1.807, 2.05) is 0 Å². The lowest BCUT2D eigenvalue weighted by atomic mass is 9.94. The van der Waals surface area contributed by atoms with E-state index in [1.54, 1.807) is 41.5 Å². The van der Waals surface area contributed by atoms with Gasteiger partial charge in [0.2, 0.25) is 5.95 Å². The van der Waals surface area contributed by atoms with Crippen LogP contribution in [0.3, 0.4) is 0 Å². The topological polar surface area (TPSA) is 129 Å². The number of alkyl carbamates (subject to hydrolysis) is 1. The van der Waals surface area contributed by atoms with Gasteiger partial charge in [-0.25, -0.2) is 19.6 Å². The van der Waals surface area contributed by atoms with E-state index in [-0.39, 0.29) is 19.0 Å². The van der Waals surface area contributed by atoms with E-state index in [4.69, 9.17) is 14.2 Å². The van der Waals surface area contributed by atoms with Crippen molar-refractivity contribution in [1.82, 2.24) is 15.3 Å². The summed E-state index contributed by atoms with van der Waals surface area (Å²) in [5.41, 5.74) is -2.19. The maximum atomic E-state index is 12.1. The number of nitrogens with one attached hydrogen (secondary N) is 2. The van der Waals surface area contributed by atoms with Crippen LogP contribution >= 0.6 is 0 Å². The maximum absolute atomic E-state index is 12.1. The molecule has 0 bridgehead atoms. The molecule has 0 aliphatic heterocycles. The van der Waals surface area contributed by atoms with Crippen LogP contribution in [0.5, 0.6) is 0 Å². The van der Waals surface area contributed by atoms with E-state index in [0.717, 1.165) is 0 Å². The number of carbonyl (C=O) groups excluding carboxylic acids is 3. The highest BCUT2D eigenvalue weighted by Crippen LogP contribution is 2.15. The van der Waals surface area contributed by atoms with E-state index >= 15 is 0 Å². The Morgan fingerprint density at radius 3 is 1.97 bits per heavy atom. The predicted molar refractivity (Wildman–Crippen MR) is 106 cm³/mol. The second-order valence-corrected chi connectivity index (χ2v) is 8.55. The van der Waals surface area contributed by atoms with Crippen LogP contribution in [0.2, 0.25) is 0 Å². The van der Waals surface area contributed by atoms with Crippen molar-refractivity contribution in [3.05, 3.63) is 18.0 Å². The Labute approximate surface area is 170 Å². The molecule has 1 heterocycles. The minimum absolute atomic E-state index is 0.0477. The average Bonchev–Trinajstić information content (AvgIpc) is 2.53. The summed E-state index contributed by atoms with van der Waals surface area (Å²) in [6.07, 6.45) is 2.10. The Kier molecular flexibility index (Phi) is 8.07. The molecule has 10 heteroatoms. The van der Waals surface area contributed by atoms with Crippen molar-refractivity contribution >= 4 is 24.4 Å². The maximum Gasteiger partial charge on any atom is 0.414 e. The summed E-state index contributed by atoms with van der Waals surface area (Å²) in [5, 5.41) is 4.98. The highest BCUT2D eigenvalue weighted by atomic mass is 16.6. The number of anilines is 1. The molecular weight excluding hydrogens is 380 g/mol. The zero-order valence-corrected chi connectivity index (χ0v) is 18.0. The third kappa shape index (κ3) is 9.33. The number of hydrogen-bond donors (Lipinski definition) is 2. The van der Waals surface area contributed by atoms with Gasteiger partial charge in [0.05, 0.1) is 6.61 Å². The molecule has 0 unspecified atom stereocenters. The summed E-state index contributed by atoms with van der Waals surface area (Å²) >= 11 is 0. The minimum Gasteiger partial charge on any atom is -0.444 e. The molecule has 0 radical (unpaired) electrons. The van der Waals surface area contributed by atoms with E-state index in [9.17, 15) is 14.4 Å². The number of amides is 2. The number of ether oxygens (including phenoxy) is 3. The predicted octanol–water partition coefficient (Wildman–Crippen LogP) is 2.47. The second kappa shape index (κ2) is 9.64. The largest absolute Gasteiger partial charge is 0.444 e. The molecule has 29 heavy (non-hydrogen) atoms. The zero-order valence-electron chi connectivity index (χ0n) is 18.0. The van der Waals surface area contributed by atoms with Crippen molar-refractivity contribution in [1.29, 1.82) is 0 Å². The van der Waals surface area contributed by atoms with Gasteiger partial charge in [-0.05, 0) is 47.1 Å². The highest BCUT2D eigenvalue weighted by Gasteiger charge is 2.34. The van der Waals surface area contributed by atoms with E-state index in [1.165, 1.54) is 19.5 Å². The van der Waals surface area contributed by atoms with Crippen LogP contribution in [0.1, 0.15) is 47.1 Å². The fraction of sp³-hybridized carbons (Fsp3) is 0.632. The Morgan fingerprint density at radius 2 is 1.52 bits per heavy atom. The van der Waals surface area contributed by atoms with Gasteiger partial charge in [0, 0.05) is 25.9 Å². The van der Waals surface area contributed by atoms with Gasteiger partial charge in [-0.15, -0.1) is 0 Å². The van der Waals surface area contributed by atoms with Crippen molar-refractivity contribution in [2.75, 3.05) is 19.0 Å². The van der Waals surface area contributed by atoms with Crippen LogP contribution in [0.25, 0.3) is 0 Å². The molecule has 0 spiro atoms. The number of methoxy groups -OCH3 is 1. The monoisotopic (exact) mass is 410 g/mol. The van der Waals surface area contributed by atoms with Gasteiger partial charge in [-0.3, -0.25) is 5.32 Å². The molecule has 0 aliphatic rings. The number of hydrogen-bond acceptors (Lipinski definition) is 8. The van der Waals surface area contributed by atoms with Crippen molar-refractivity contribution in [3.8, 4) is 0 Å². The van der Waals surface area contributed by atoms with Crippen molar-refractivity contribution in [3.63, 3.8) is 0 Å². The lowest BCUT2D eigenvalue weighted by molar-refractivity contribution is -0.115. The molecule has 1 aromatic heterocycles. The quantitative estimate of drug-likeness (QED) is 0.656. The van der Waals surface area contributed by atoms with Crippen LogP contribution in [0.15, 0.2) is 12.4 Å². The van der Waals surface area contributed by atoms with E-state index in [2.05, 4.69) is 20.6 Å².